The summed E-state index contributed by atoms with van der Waals surface area (Å²) in [6, 6.07) is 20.4. The number of rotatable bonds is 7. The molecule has 0 spiro atoms. The van der Waals surface area contributed by atoms with Crippen molar-refractivity contribution in [1.29, 1.82) is 0 Å². The largest absolute Gasteiger partial charge is 0.489 e. The molecule has 5 rings (SSSR count). The molecule has 1 aromatic heterocycles. The van der Waals surface area contributed by atoms with Crippen LogP contribution < -0.4 is 20.4 Å². The fraction of sp³-hybridized carbons (Fsp3) is 0.233. The van der Waals surface area contributed by atoms with E-state index in [1.54, 1.807) is 10.6 Å². The summed E-state index contributed by atoms with van der Waals surface area (Å²) in [5.41, 5.74) is 1.77. The Bertz CT molecular complexity index is 1600. The van der Waals surface area contributed by atoms with Crippen molar-refractivity contribution in [3.63, 3.8) is 0 Å². The number of carboxylic acids is 1. The highest BCUT2D eigenvalue weighted by Gasteiger charge is 2.23. The number of thiocarbonyl (C=S) groups is 1. The predicted molar refractivity (Wildman–Crippen MR) is 158 cm³/mol. The van der Waals surface area contributed by atoms with Crippen LogP contribution in [-0.4, -0.2) is 51.8 Å². The molecule has 206 valence electrons. The van der Waals surface area contributed by atoms with Crippen molar-refractivity contribution in [2.24, 2.45) is 0 Å². The maximum Gasteiger partial charge on any atom is 0.341 e. The molecule has 1 aliphatic rings. The zero-order valence-corrected chi connectivity index (χ0v) is 22.8. The first kappa shape index (κ1) is 27.1. The molecule has 0 bridgehead atoms. The van der Waals surface area contributed by atoms with Crippen LogP contribution in [0.15, 0.2) is 77.7 Å². The van der Waals surface area contributed by atoms with Crippen molar-refractivity contribution in [2.75, 3.05) is 36.4 Å². The number of fused-ring (bicyclic) bond motifs is 1. The third-order valence-electron chi connectivity index (χ3n) is 6.98. The topological polar surface area (TPSA) is 87.0 Å². The molecule has 0 radical (unpaired) electrons. The number of hydrogen-bond acceptors (Lipinski definition) is 5. The number of ether oxygens (including phenoxy) is 1. The van der Waals surface area contributed by atoms with Crippen LogP contribution in [0.25, 0.3) is 10.9 Å². The first-order valence-corrected chi connectivity index (χ1v) is 13.4. The van der Waals surface area contributed by atoms with Gasteiger partial charge in [-0.2, -0.15) is 0 Å². The molecule has 2 N–H and O–H groups in total. The van der Waals surface area contributed by atoms with Gasteiger partial charge in [0.2, 0.25) is 5.43 Å². The maximum atomic E-state index is 15.2. The number of carboxylic acid groups (broad SMARTS) is 1. The van der Waals surface area contributed by atoms with Crippen molar-refractivity contribution in [2.45, 2.75) is 20.1 Å². The molecule has 10 heteroatoms. The Morgan fingerprint density at radius 1 is 1.05 bits per heavy atom. The summed E-state index contributed by atoms with van der Waals surface area (Å²) in [6.45, 7) is 5.00. The summed E-state index contributed by atoms with van der Waals surface area (Å²) in [7, 11) is 0. The lowest BCUT2D eigenvalue weighted by Crippen LogP contribution is -2.50. The van der Waals surface area contributed by atoms with Gasteiger partial charge in [0.1, 0.15) is 23.7 Å². The van der Waals surface area contributed by atoms with E-state index in [2.05, 4.69) is 5.32 Å². The summed E-state index contributed by atoms with van der Waals surface area (Å²) >= 11 is 5.63. The lowest BCUT2D eigenvalue weighted by Gasteiger charge is -2.37. The highest BCUT2D eigenvalue weighted by atomic mass is 32.1. The summed E-state index contributed by atoms with van der Waals surface area (Å²) in [5, 5.41) is 13.3. The second kappa shape index (κ2) is 11.7. The fourth-order valence-corrected chi connectivity index (χ4v) is 5.08. The number of aromatic carboxylic acids is 1. The lowest BCUT2D eigenvalue weighted by molar-refractivity contribution is 0.0695. The molecular weight excluding hydrogens is 531 g/mol. The second-order valence-electron chi connectivity index (χ2n) is 9.49. The quantitative estimate of drug-likeness (QED) is 0.307. The Morgan fingerprint density at radius 3 is 2.40 bits per heavy atom. The van der Waals surface area contributed by atoms with Gasteiger partial charge in [-0.25, -0.2) is 9.18 Å². The van der Waals surface area contributed by atoms with E-state index in [0.29, 0.717) is 55.6 Å². The Kier molecular flexibility index (Phi) is 7.97. The summed E-state index contributed by atoms with van der Waals surface area (Å²) in [5.74, 6) is -1.12. The molecule has 0 aliphatic carbocycles. The molecular formula is C30H29FN4O4S. The third-order valence-corrected chi connectivity index (χ3v) is 7.34. The first-order chi connectivity index (χ1) is 19.3. The third kappa shape index (κ3) is 5.76. The van der Waals surface area contributed by atoms with Crippen LogP contribution in [0.2, 0.25) is 0 Å². The van der Waals surface area contributed by atoms with Crippen molar-refractivity contribution in [3.8, 4) is 5.75 Å². The van der Waals surface area contributed by atoms with E-state index >= 15 is 4.39 Å². The van der Waals surface area contributed by atoms with E-state index in [1.807, 2.05) is 71.3 Å². The average molecular weight is 561 g/mol. The van der Waals surface area contributed by atoms with Crippen molar-refractivity contribution >= 4 is 45.6 Å². The minimum atomic E-state index is -1.33. The van der Waals surface area contributed by atoms with Crippen molar-refractivity contribution < 1.29 is 19.0 Å². The predicted octanol–water partition coefficient (Wildman–Crippen LogP) is 4.96. The number of halogens is 1. The van der Waals surface area contributed by atoms with Gasteiger partial charge in [0.25, 0.3) is 0 Å². The highest BCUT2D eigenvalue weighted by Crippen LogP contribution is 2.27. The normalized spacial score (nSPS) is 13.3. The van der Waals surface area contributed by atoms with Gasteiger partial charge in [-0.1, -0.05) is 30.3 Å². The summed E-state index contributed by atoms with van der Waals surface area (Å²) in [4.78, 5) is 28.1. The van der Waals surface area contributed by atoms with Gasteiger partial charge in [0.15, 0.2) is 5.11 Å². The van der Waals surface area contributed by atoms with Gasteiger partial charge in [-0.15, -0.1) is 0 Å². The van der Waals surface area contributed by atoms with Gasteiger partial charge in [0.05, 0.1) is 11.2 Å². The number of nitrogens with one attached hydrogen (secondary N) is 1. The highest BCUT2D eigenvalue weighted by molar-refractivity contribution is 7.80. The molecule has 3 aromatic carbocycles. The number of nitrogens with zero attached hydrogens (tertiary/aromatic N) is 3. The van der Waals surface area contributed by atoms with Crippen molar-refractivity contribution in [1.82, 2.24) is 9.47 Å². The monoisotopic (exact) mass is 560 g/mol. The Labute approximate surface area is 236 Å². The van der Waals surface area contributed by atoms with Crippen LogP contribution in [-0.2, 0) is 13.2 Å². The Balaban J connectivity index is 1.21. The van der Waals surface area contributed by atoms with Crippen molar-refractivity contribution in [3.05, 3.63) is 100 Å². The molecule has 0 amide bonds. The Hall–Kier alpha value is -4.44. The number of aryl methyl sites for hydroxylation is 1. The fourth-order valence-electron chi connectivity index (χ4n) is 4.78. The molecule has 40 heavy (non-hydrogen) atoms. The molecule has 0 saturated carbocycles. The van der Waals surface area contributed by atoms with Gasteiger partial charge in [-0.05, 0) is 61.1 Å². The number of piperazine rings is 1. The van der Waals surface area contributed by atoms with Gasteiger partial charge in [-0.3, -0.25) is 4.79 Å². The zero-order valence-electron chi connectivity index (χ0n) is 22.0. The van der Waals surface area contributed by atoms with Gasteiger partial charge >= 0.3 is 5.97 Å². The molecule has 2 heterocycles. The minimum Gasteiger partial charge on any atom is -0.489 e. The van der Waals surface area contributed by atoms with Crippen LogP contribution in [0.5, 0.6) is 5.75 Å². The maximum absolute atomic E-state index is 15.2. The second-order valence-corrected chi connectivity index (χ2v) is 9.87. The molecule has 4 aromatic rings. The van der Waals surface area contributed by atoms with Crippen LogP contribution >= 0.6 is 12.2 Å². The molecule has 0 atom stereocenters. The van der Waals surface area contributed by atoms with Gasteiger partial charge in [0, 0.05) is 50.0 Å². The SMILES string of the molecule is CCn1cc(C(=O)O)c(=O)c2cc(F)c(N3CCN(C(=S)Nc4ccc(OCc5ccccc5)cc4)CC3)cc21. The molecule has 0 unspecified atom stereocenters. The average Bonchev–Trinajstić information content (AvgIpc) is 2.97. The number of carbonyl (C=O) groups is 1. The van der Waals surface area contributed by atoms with Crippen LogP contribution in [0.3, 0.4) is 0 Å². The van der Waals surface area contributed by atoms with E-state index in [9.17, 15) is 14.7 Å². The van der Waals surface area contributed by atoms with Gasteiger partial charge < -0.3 is 29.5 Å². The lowest BCUT2D eigenvalue weighted by atomic mass is 10.1. The van der Waals surface area contributed by atoms with Crippen LogP contribution in [0.1, 0.15) is 22.8 Å². The first-order valence-electron chi connectivity index (χ1n) is 13.0. The number of anilines is 2. The van der Waals surface area contributed by atoms with E-state index in [4.69, 9.17) is 17.0 Å². The van der Waals surface area contributed by atoms with E-state index in [1.165, 1.54) is 6.20 Å². The smallest absolute Gasteiger partial charge is 0.341 e. The molecule has 1 saturated heterocycles. The molecule has 8 nitrogen and oxygen atoms in total. The number of pyridine rings is 1. The molecule has 1 fully saturated rings. The zero-order chi connectivity index (χ0) is 28.2. The van der Waals surface area contributed by atoms with E-state index in [0.717, 1.165) is 23.1 Å². The number of aromatic nitrogens is 1. The van der Waals surface area contributed by atoms with E-state index < -0.39 is 17.2 Å². The summed E-state index contributed by atoms with van der Waals surface area (Å²) in [6.07, 6.45) is 1.32. The standard InChI is InChI=1S/C30H29FN4O4S/c1-2-33-18-24(29(37)38)28(36)23-16-25(31)27(17-26(23)33)34-12-14-35(15-13-34)30(40)32-21-8-10-22(11-9-21)39-19-20-6-4-3-5-7-20/h3-11,16-18H,2,12-15,19H2,1H3,(H,32,40)(H,37,38). The number of hydrogen-bond donors (Lipinski definition) is 2. The number of benzene rings is 3. The summed E-state index contributed by atoms with van der Waals surface area (Å²) < 4.78 is 22.7. The van der Waals surface area contributed by atoms with Crippen LogP contribution in [0.4, 0.5) is 15.8 Å². The Morgan fingerprint density at radius 2 is 1.75 bits per heavy atom. The van der Waals surface area contributed by atoms with Crippen LogP contribution in [0, 0.1) is 5.82 Å². The minimum absolute atomic E-state index is 0.0588. The molecule has 1 aliphatic heterocycles. The van der Waals surface area contributed by atoms with E-state index in [-0.39, 0.29) is 10.9 Å².